The molecule has 15 heavy (non-hydrogen) atoms. The summed E-state index contributed by atoms with van der Waals surface area (Å²) >= 11 is 2.08. The first-order valence-corrected chi connectivity index (χ1v) is 5.38. The van der Waals surface area contributed by atoms with Crippen molar-refractivity contribution in [1.29, 1.82) is 0 Å². The van der Waals surface area contributed by atoms with Crippen LogP contribution in [0.1, 0.15) is 16.8 Å². The Kier molecular flexibility index (Phi) is 2.64. The molecule has 5 heteroatoms. The van der Waals surface area contributed by atoms with Gasteiger partial charge in [-0.3, -0.25) is 4.79 Å². The molecule has 1 aromatic rings. The van der Waals surface area contributed by atoms with Crippen LogP contribution in [0.15, 0.2) is 18.2 Å². The van der Waals surface area contributed by atoms with Gasteiger partial charge in [-0.1, -0.05) is 0 Å². The minimum atomic E-state index is -1.10. The molecule has 1 N–H and O–H groups in total. The van der Waals surface area contributed by atoms with Crippen LogP contribution in [0.5, 0.6) is 5.75 Å². The van der Waals surface area contributed by atoms with E-state index in [0.29, 0.717) is 11.3 Å². The van der Waals surface area contributed by atoms with Crippen LogP contribution >= 0.6 is 22.6 Å². The molecule has 78 valence electrons. The monoisotopic (exact) mass is 318 g/mol. The second-order valence-corrected chi connectivity index (χ2v) is 4.46. The molecule has 1 atom stereocenters. The van der Waals surface area contributed by atoms with Crippen molar-refractivity contribution in [2.45, 2.75) is 12.5 Å². The summed E-state index contributed by atoms with van der Waals surface area (Å²) in [6.07, 6.45) is -1.15. The van der Waals surface area contributed by atoms with E-state index in [9.17, 15) is 9.59 Å². The Hall–Kier alpha value is -1.11. The van der Waals surface area contributed by atoms with Crippen LogP contribution < -0.4 is 4.74 Å². The zero-order valence-corrected chi connectivity index (χ0v) is 9.72. The fourth-order valence-corrected chi connectivity index (χ4v) is 1.90. The van der Waals surface area contributed by atoms with E-state index in [1.165, 1.54) is 0 Å². The average Bonchev–Trinajstić information content (AvgIpc) is 2.16. The number of fused-ring (bicyclic) bond motifs is 1. The summed E-state index contributed by atoms with van der Waals surface area (Å²) in [5.74, 6) is -0.918. The molecule has 0 radical (unpaired) electrons. The summed E-state index contributed by atoms with van der Waals surface area (Å²) < 4.78 is 6.13. The topological polar surface area (TPSA) is 63.6 Å². The standard InChI is InChI=1S/C10H7IO4/c11-5-1-2-6-7(12)4-9(10(13)14)15-8(6)3-5/h1-3,9H,4H2,(H,13,14)/t9-/m0/s1. The lowest BCUT2D eigenvalue weighted by Gasteiger charge is -2.22. The molecule has 0 fully saturated rings. The van der Waals surface area contributed by atoms with Gasteiger partial charge in [0, 0.05) is 3.57 Å². The lowest BCUT2D eigenvalue weighted by Crippen LogP contribution is -2.33. The Bertz CT molecular complexity index is 441. The predicted molar refractivity (Wildman–Crippen MR) is 60.2 cm³/mol. The van der Waals surface area contributed by atoms with Gasteiger partial charge in [-0.2, -0.15) is 0 Å². The third kappa shape index (κ3) is 1.97. The van der Waals surface area contributed by atoms with Gasteiger partial charge in [-0.15, -0.1) is 0 Å². The maximum absolute atomic E-state index is 11.6. The molecule has 1 heterocycles. The highest BCUT2D eigenvalue weighted by Crippen LogP contribution is 2.29. The molecule has 1 aliphatic heterocycles. The third-order valence-electron chi connectivity index (χ3n) is 2.16. The van der Waals surface area contributed by atoms with Crippen LogP contribution in [-0.2, 0) is 4.79 Å². The normalized spacial score (nSPS) is 19.3. The molecule has 0 aliphatic carbocycles. The van der Waals surface area contributed by atoms with Gasteiger partial charge in [-0.25, -0.2) is 4.79 Å². The second kappa shape index (κ2) is 3.80. The van der Waals surface area contributed by atoms with Gasteiger partial charge in [0.05, 0.1) is 12.0 Å². The molecule has 1 aromatic carbocycles. The van der Waals surface area contributed by atoms with E-state index in [0.717, 1.165) is 3.57 Å². The van der Waals surface area contributed by atoms with E-state index in [4.69, 9.17) is 9.84 Å². The van der Waals surface area contributed by atoms with E-state index in [2.05, 4.69) is 22.6 Å². The first kappa shape index (κ1) is 10.4. The summed E-state index contributed by atoms with van der Waals surface area (Å²) in [7, 11) is 0. The summed E-state index contributed by atoms with van der Waals surface area (Å²) in [5.41, 5.74) is 0.466. The maximum Gasteiger partial charge on any atom is 0.345 e. The smallest absolute Gasteiger partial charge is 0.345 e. The Labute approximate surface area is 99.4 Å². The van der Waals surface area contributed by atoms with E-state index >= 15 is 0 Å². The minimum absolute atomic E-state index is 0.0943. The Morgan fingerprint density at radius 3 is 2.93 bits per heavy atom. The zero-order valence-electron chi connectivity index (χ0n) is 7.57. The van der Waals surface area contributed by atoms with Gasteiger partial charge in [-0.05, 0) is 40.8 Å². The quantitative estimate of drug-likeness (QED) is 0.801. The number of aliphatic carboxylic acids is 1. The second-order valence-electron chi connectivity index (χ2n) is 3.21. The van der Waals surface area contributed by atoms with Crippen LogP contribution in [0.3, 0.4) is 0 Å². The third-order valence-corrected chi connectivity index (χ3v) is 2.83. The van der Waals surface area contributed by atoms with Gasteiger partial charge in [0.15, 0.2) is 5.78 Å². The fraction of sp³-hybridized carbons (Fsp3) is 0.200. The Morgan fingerprint density at radius 2 is 2.27 bits per heavy atom. The summed E-state index contributed by atoms with van der Waals surface area (Å²) in [4.78, 5) is 22.3. The van der Waals surface area contributed by atoms with E-state index < -0.39 is 12.1 Å². The molecular formula is C10H7IO4. The van der Waals surface area contributed by atoms with Crippen LogP contribution in [0.25, 0.3) is 0 Å². The lowest BCUT2D eigenvalue weighted by molar-refractivity contribution is -0.145. The number of ether oxygens (including phenoxy) is 1. The highest BCUT2D eigenvalue weighted by atomic mass is 127. The summed E-state index contributed by atoms with van der Waals surface area (Å²) in [6.45, 7) is 0. The highest BCUT2D eigenvalue weighted by molar-refractivity contribution is 14.1. The van der Waals surface area contributed by atoms with Crippen LogP contribution in [0.2, 0.25) is 0 Å². The molecule has 0 unspecified atom stereocenters. The molecule has 0 amide bonds. The molecule has 0 bridgehead atoms. The predicted octanol–water partition coefficient (Wildman–Crippen LogP) is 1.71. The van der Waals surface area contributed by atoms with Crippen molar-refractivity contribution in [1.82, 2.24) is 0 Å². The van der Waals surface area contributed by atoms with Gasteiger partial charge in [0.2, 0.25) is 6.10 Å². The van der Waals surface area contributed by atoms with Crippen molar-refractivity contribution in [3.8, 4) is 5.75 Å². The molecule has 1 aliphatic rings. The summed E-state index contributed by atoms with van der Waals surface area (Å²) in [5, 5.41) is 8.77. The molecule has 0 aromatic heterocycles. The minimum Gasteiger partial charge on any atom is -0.478 e. The van der Waals surface area contributed by atoms with E-state index in [-0.39, 0.29) is 12.2 Å². The van der Waals surface area contributed by atoms with Gasteiger partial charge >= 0.3 is 5.97 Å². The molecule has 0 saturated carbocycles. The number of carboxylic acid groups (broad SMARTS) is 1. The van der Waals surface area contributed by atoms with Gasteiger partial charge < -0.3 is 9.84 Å². The molecule has 4 nitrogen and oxygen atoms in total. The molecule has 0 spiro atoms. The molecule has 2 rings (SSSR count). The lowest BCUT2D eigenvalue weighted by atomic mass is 10.0. The molecular weight excluding hydrogens is 311 g/mol. The van der Waals surface area contributed by atoms with Crippen LogP contribution in [0, 0.1) is 3.57 Å². The number of rotatable bonds is 1. The van der Waals surface area contributed by atoms with Gasteiger partial charge in [0.1, 0.15) is 5.75 Å². The number of ketones is 1. The number of carbonyl (C=O) groups excluding carboxylic acids is 1. The number of hydrogen-bond acceptors (Lipinski definition) is 3. The largest absolute Gasteiger partial charge is 0.478 e. The summed E-state index contributed by atoms with van der Waals surface area (Å²) in [6, 6.07) is 5.13. The Balaban J connectivity index is 2.41. The number of benzene rings is 1. The molecule has 0 saturated heterocycles. The first-order valence-electron chi connectivity index (χ1n) is 4.30. The number of Topliss-reactive ketones (excluding diaryl/α,β-unsaturated/α-hetero) is 1. The Morgan fingerprint density at radius 1 is 1.53 bits per heavy atom. The van der Waals surface area contributed by atoms with Crippen molar-refractivity contribution in [2.24, 2.45) is 0 Å². The fourth-order valence-electron chi connectivity index (χ4n) is 1.44. The van der Waals surface area contributed by atoms with Crippen LogP contribution in [0.4, 0.5) is 0 Å². The number of carboxylic acids is 1. The van der Waals surface area contributed by atoms with Crippen molar-refractivity contribution in [3.63, 3.8) is 0 Å². The van der Waals surface area contributed by atoms with Crippen molar-refractivity contribution in [3.05, 3.63) is 27.3 Å². The number of hydrogen-bond donors (Lipinski definition) is 1. The van der Waals surface area contributed by atoms with E-state index in [1.807, 2.05) is 0 Å². The van der Waals surface area contributed by atoms with Gasteiger partial charge in [0.25, 0.3) is 0 Å². The zero-order chi connectivity index (χ0) is 11.0. The highest BCUT2D eigenvalue weighted by Gasteiger charge is 2.31. The van der Waals surface area contributed by atoms with Crippen molar-refractivity contribution in [2.75, 3.05) is 0 Å². The number of carbonyl (C=O) groups is 2. The maximum atomic E-state index is 11.6. The first-order chi connectivity index (χ1) is 7.08. The van der Waals surface area contributed by atoms with Crippen molar-refractivity contribution >= 4 is 34.3 Å². The van der Waals surface area contributed by atoms with E-state index in [1.54, 1.807) is 18.2 Å². The van der Waals surface area contributed by atoms with Crippen LogP contribution in [-0.4, -0.2) is 23.0 Å². The SMILES string of the molecule is O=C1C[C@@H](C(=O)O)Oc2cc(I)ccc21. The average molecular weight is 318 g/mol. The van der Waals surface area contributed by atoms with Crippen molar-refractivity contribution < 1.29 is 19.4 Å². The number of halogens is 1.